The summed E-state index contributed by atoms with van der Waals surface area (Å²) in [5.41, 5.74) is 7.44. The fraction of sp³-hybridized carbons (Fsp3) is 0.429. The highest BCUT2D eigenvalue weighted by atomic mass is 14.9. The van der Waals surface area contributed by atoms with Gasteiger partial charge in [-0.15, -0.1) is 0 Å². The number of nitrogens with zero attached hydrogens (tertiary/aromatic N) is 2. The van der Waals surface area contributed by atoms with Gasteiger partial charge in [0.05, 0.1) is 11.5 Å². The van der Waals surface area contributed by atoms with Crippen LogP contribution >= 0.6 is 0 Å². The van der Waals surface area contributed by atoms with Gasteiger partial charge in [0.2, 0.25) is 0 Å². The molecule has 17 heavy (non-hydrogen) atoms. The van der Waals surface area contributed by atoms with E-state index in [0.29, 0.717) is 5.84 Å². The van der Waals surface area contributed by atoms with E-state index in [4.69, 9.17) is 5.73 Å². The van der Waals surface area contributed by atoms with Crippen molar-refractivity contribution in [3.8, 4) is 0 Å². The third kappa shape index (κ3) is 10.6. The molecule has 0 aliphatic rings. The summed E-state index contributed by atoms with van der Waals surface area (Å²) in [6.07, 6.45) is 1.46. The van der Waals surface area contributed by atoms with Gasteiger partial charge in [0.1, 0.15) is 6.34 Å². The standard InChI is InChI=1S/C10H13N3.2C2H6/c1-8-3-5-10(6-4-8)13-7-12-9(2)11;2*1-2/h3-7H,1-2H3,(H2,11,12,13);2*1-2H3. The SMILES string of the molecule is CC.CC.CC(N)=NC=Nc1ccc(C)cc1. The third-order valence-corrected chi connectivity index (χ3v) is 1.50. The van der Waals surface area contributed by atoms with Crippen molar-refractivity contribution in [2.75, 3.05) is 0 Å². The number of rotatable bonds is 2. The smallest absolute Gasteiger partial charge is 0.118 e. The number of hydrogen-bond acceptors (Lipinski definition) is 1. The van der Waals surface area contributed by atoms with Crippen LogP contribution in [0.5, 0.6) is 0 Å². The fourth-order valence-electron chi connectivity index (χ4n) is 0.817. The number of amidine groups is 1. The molecule has 3 nitrogen and oxygen atoms in total. The van der Waals surface area contributed by atoms with E-state index in [1.54, 1.807) is 6.92 Å². The van der Waals surface area contributed by atoms with E-state index >= 15 is 0 Å². The molecule has 0 fully saturated rings. The molecule has 0 amide bonds. The summed E-state index contributed by atoms with van der Waals surface area (Å²) in [5, 5.41) is 0. The second kappa shape index (κ2) is 12.4. The van der Waals surface area contributed by atoms with Crippen molar-refractivity contribution in [3.05, 3.63) is 29.8 Å². The Kier molecular flexibility index (Phi) is 13.0. The Morgan fingerprint density at radius 2 is 1.53 bits per heavy atom. The van der Waals surface area contributed by atoms with E-state index in [2.05, 4.69) is 9.98 Å². The minimum Gasteiger partial charge on any atom is -0.387 e. The number of benzene rings is 1. The summed E-state index contributed by atoms with van der Waals surface area (Å²) in [7, 11) is 0. The highest BCUT2D eigenvalue weighted by molar-refractivity contribution is 5.85. The van der Waals surface area contributed by atoms with Gasteiger partial charge in [-0.1, -0.05) is 45.4 Å². The van der Waals surface area contributed by atoms with Gasteiger partial charge in [0, 0.05) is 0 Å². The highest BCUT2D eigenvalue weighted by Gasteiger charge is 1.85. The molecular weight excluding hydrogens is 210 g/mol. The van der Waals surface area contributed by atoms with Gasteiger partial charge in [-0.25, -0.2) is 9.98 Å². The van der Waals surface area contributed by atoms with Crippen LogP contribution in [0.4, 0.5) is 5.69 Å². The summed E-state index contributed by atoms with van der Waals surface area (Å²) in [4.78, 5) is 7.94. The Labute approximate surface area is 105 Å². The van der Waals surface area contributed by atoms with Crippen LogP contribution in [-0.2, 0) is 0 Å². The van der Waals surface area contributed by atoms with Crippen LogP contribution < -0.4 is 5.73 Å². The minimum atomic E-state index is 0.510. The van der Waals surface area contributed by atoms with Gasteiger partial charge in [-0.05, 0) is 26.0 Å². The Morgan fingerprint density at radius 3 is 1.94 bits per heavy atom. The Balaban J connectivity index is 0. The summed E-state index contributed by atoms with van der Waals surface area (Å²) in [5.74, 6) is 0.510. The molecule has 1 aromatic carbocycles. The van der Waals surface area contributed by atoms with Crippen molar-refractivity contribution < 1.29 is 0 Å². The first-order chi connectivity index (χ1) is 8.18. The van der Waals surface area contributed by atoms with Gasteiger partial charge in [0.15, 0.2) is 0 Å². The molecule has 0 saturated heterocycles. The number of aryl methyl sites for hydroxylation is 1. The van der Waals surface area contributed by atoms with Crippen LogP contribution in [-0.4, -0.2) is 12.2 Å². The van der Waals surface area contributed by atoms with Gasteiger partial charge in [0.25, 0.3) is 0 Å². The normalized spacial score (nSPS) is 10.1. The zero-order valence-corrected chi connectivity index (χ0v) is 11.9. The van der Waals surface area contributed by atoms with Gasteiger partial charge >= 0.3 is 0 Å². The molecular formula is C14H25N3. The van der Waals surface area contributed by atoms with Gasteiger partial charge < -0.3 is 5.73 Å². The first-order valence-corrected chi connectivity index (χ1v) is 6.07. The molecule has 0 unspecified atom stereocenters. The van der Waals surface area contributed by atoms with Crippen LogP contribution in [0.2, 0.25) is 0 Å². The maximum absolute atomic E-state index is 5.34. The van der Waals surface area contributed by atoms with Crippen molar-refractivity contribution in [2.45, 2.75) is 41.5 Å². The molecule has 0 spiro atoms. The largest absolute Gasteiger partial charge is 0.387 e. The number of hydrogen-bond donors (Lipinski definition) is 1. The molecule has 1 rings (SSSR count). The second-order valence-electron chi connectivity index (χ2n) is 2.85. The fourth-order valence-corrected chi connectivity index (χ4v) is 0.817. The minimum absolute atomic E-state index is 0.510. The predicted octanol–water partition coefficient (Wildman–Crippen LogP) is 4.08. The highest BCUT2D eigenvalue weighted by Crippen LogP contribution is 2.11. The van der Waals surface area contributed by atoms with Gasteiger partial charge in [-0.2, -0.15) is 0 Å². The molecule has 0 aliphatic carbocycles. The molecule has 0 saturated carbocycles. The van der Waals surface area contributed by atoms with E-state index in [0.717, 1.165) is 5.69 Å². The Bertz CT molecular complexity index is 320. The van der Waals surface area contributed by atoms with E-state index < -0.39 is 0 Å². The average Bonchev–Trinajstić information content (AvgIpc) is 2.36. The third-order valence-electron chi connectivity index (χ3n) is 1.50. The van der Waals surface area contributed by atoms with E-state index in [9.17, 15) is 0 Å². The van der Waals surface area contributed by atoms with Crippen LogP contribution in [0.1, 0.15) is 40.2 Å². The molecule has 0 heterocycles. The first kappa shape index (κ1) is 17.7. The predicted molar refractivity (Wildman–Crippen MR) is 79.3 cm³/mol. The molecule has 0 radical (unpaired) electrons. The van der Waals surface area contributed by atoms with Crippen LogP contribution in [0.3, 0.4) is 0 Å². The quantitative estimate of drug-likeness (QED) is 0.609. The summed E-state index contributed by atoms with van der Waals surface area (Å²) < 4.78 is 0. The summed E-state index contributed by atoms with van der Waals surface area (Å²) >= 11 is 0. The monoisotopic (exact) mass is 235 g/mol. The Morgan fingerprint density at radius 1 is 1.06 bits per heavy atom. The lowest BCUT2D eigenvalue weighted by Gasteiger charge is -1.92. The van der Waals surface area contributed by atoms with Crippen molar-refractivity contribution in [1.29, 1.82) is 0 Å². The lowest BCUT2D eigenvalue weighted by Crippen LogP contribution is -2.04. The molecule has 0 bridgehead atoms. The lowest BCUT2D eigenvalue weighted by atomic mass is 10.2. The topological polar surface area (TPSA) is 50.7 Å². The second-order valence-corrected chi connectivity index (χ2v) is 2.85. The van der Waals surface area contributed by atoms with E-state index in [-0.39, 0.29) is 0 Å². The zero-order chi connectivity index (χ0) is 13.7. The molecule has 1 aromatic rings. The summed E-state index contributed by atoms with van der Waals surface area (Å²) in [6.45, 7) is 11.8. The molecule has 0 aliphatic heterocycles. The zero-order valence-electron chi connectivity index (χ0n) is 11.9. The maximum Gasteiger partial charge on any atom is 0.118 e. The van der Waals surface area contributed by atoms with E-state index in [1.165, 1.54) is 11.9 Å². The first-order valence-electron chi connectivity index (χ1n) is 6.07. The Hall–Kier alpha value is -1.64. The van der Waals surface area contributed by atoms with Crippen LogP contribution in [0, 0.1) is 6.92 Å². The van der Waals surface area contributed by atoms with Crippen molar-refractivity contribution >= 4 is 17.9 Å². The molecule has 96 valence electrons. The van der Waals surface area contributed by atoms with Crippen LogP contribution in [0.25, 0.3) is 0 Å². The van der Waals surface area contributed by atoms with Crippen molar-refractivity contribution in [1.82, 2.24) is 0 Å². The maximum atomic E-state index is 5.34. The number of aliphatic imine (C=N–C) groups is 2. The molecule has 3 heteroatoms. The lowest BCUT2D eigenvalue weighted by molar-refractivity contribution is 1.43. The van der Waals surface area contributed by atoms with E-state index in [1.807, 2.05) is 58.9 Å². The van der Waals surface area contributed by atoms with Crippen molar-refractivity contribution in [2.24, 2.45) is 15.7 Å². The van der Waals surface area contributed by atoms with Crippen LogP contribution in [0.15, 0.2) is 34.3 Å². The molecule has 2 N–H and O–H groups in total. The van der Waals surface area contributed by atoms with Crippen molar-refractivity contribution in [3.63, 3.8) is 0 Å². The van der Waals surface area contributed by atoms with Gasteiger partial charge in [-0.3, -0.25) is 0 Å². The average molecular weight is 235 g/mol. The summed E-state index contributed by atoms with van der Waals surface area (Å²) in [6, 6.07) is 7.89. The molecule has 0 atom stereocenters. The molecule has 0 aromatic heterocycles. The number of nitrogens with two attached hydrogens (primary N) is 1.